The number of likely N-dealkylation sites (N-methyl/N-ethyl adjacent to an activating group) is 2. The van der Waals surface area contributed by atoms with Crippen molar-refractivity contribution in [2.24, 2.45) is 0 Å². The van der Waals surface area contributed by atoms with E-state index in [4.69, 9.17) is 4.74 Å². The maximum absolute atomic E-state index is 14.2. The zero-order valence-electron chi connectivity index (χ0n) is 38.9. The van der Waals surface area contributed by atoms with Gasteiger partial charge in [0.25, 0.3) is 0 Å². The van der Waals surface area contributed by atoms with E-state index in [2.05, 4.69) is 67.7 Å². The minimum absolute atomic E-state index is 0. The van der Waals surface area contributed by atoms with Crippen molar-refractivity contribution in [1.29, 1.82) is 0 Å². The Morgan fingerprint density at radius 2 is 1.14 bits per heavy atom. The smallest absolute Gasteiger partial charge is 0.248 e. The van der Waals surface area contributed by atoms with Gasteiger partial charge in [0.2, 0.25) is 35.4 Å². The highest BCUT2D eigenvalue weighted by atomic mass is 35.5. The van der Waals surface area contributed by atoms with Gasteiger partial charge in [-0.05, 0) is 133 Å². The van der Waals surface area contributed by atoms with Crippen LogP contribution in [0.25, 0.3) is 0 Å². The lowest BCUT2D eigenvalue weighted by Gasteiger charge is -2.33. The molecule has 2 heterocycles. The average molecular weight is 928 g/mol. The highest BCUT2D eigenvalue weighted by Gasteiger charge is 2.42. The lowest BCUT2D eigenvalue weighted by molar-refractivity contribution is -0.145. The number of amides is 6. The predicted octanol–water partition coefficient (Wildman–Crippen LogP) is 2.77. The van der Waals surface area contributed by atoms with Crippen LogP contribution in [0.15, 0.2) is 48.5 Å². The molecule has 9 atom stereocenters. The van der Waals surface area contributed by atoms with Crippen molar-refractivity contribution in [3.05, 3.63) is 70.8 Å². The van der Waals surface area contributed by atoms with Crippen molar-refractivity contribution in [1.82, 2.24) is 41.7 Å². The molecule has 15 nitrogen and oxygen atoms in total. The van der Waals surface area contributed by atoms with Crippen LogP contribution in [0.1, 0.15) is 113 Å². The fraction of sp³-hybridized carbons (Fsp3) is 0.560. The van der Waals surface area contributed by atoms with Crippen molar-refractivity contribution in [3.63, 3.8) is 0 Å². The number of nitrogens with one attached hydrogen (secondary N) is 6. The molecule has 6 amide bonds. The second-order valence-corrected chi connectivity index (χ2v) is 17.6. The second-order valence-electron chi connectivity index (χ2n) is 17.6. The Balaban J connectivity index is 0.00000817. The molecule has 2 aliphatic carbocycles. The van der Waals surface area contributed by atoms with Gasteiger partial charge in [-0.1, -0.05) is 60.4 Å². The summed E-state index contributed by atoms with van der Waals surface area (Å²) in [7, 11) is 3.30. The summed E-state index contributed by atoms with van der Waals surface area (Å²) in [5, 5.41) is 17.9. The van der Waals surface area contributed by atoms with Crippen LogP contribution in [0, 0.1) is 23.7 Å². The first kappa shape index (κ1) is 51.5. The summed E-state index contributed by atoms with van der Waals surface area (Å²) in [6.45, 7) is 5.67. The van der Waals surface area contributed by atoms with Crippen molar-refractivity contribution < 1.29 is 33.5 Å². The quantitative estimate of drug-likeness (QED) is 0.138. The van der Waals surface area contributed by atoms with E-state index >= 15 is 0 Å². The van der Waals surface area contributed by atoms with E-state index in [1.165, 1.54) is 11.1 Å². The zero-order valence-corrected chi connectivity index (χ0v) is 39.7. The summed E-state index contributed by atoms with van der Waals surface area (Å²) in [6, 6.07) is 11.4. The largest absolute Gasteiger partial charge is 0.363 e. The van der Waals surface area contributed by atoms with Crippen LogP contribution in [0.5, 0.6) is 0 Å². The van der Waals surface area contributed by atoms with Gasteiger partial charge in [-0.25, -0.2) is 0 Å². The van der Waals surface area contributed by atoms with Gasteiger partial charge in [0.15, 0.2) is 0 Å². The third kappa shape index (κ3) is 12.9. The molecular weight excluding hydrogens is 860 g/mol. The number of halogens is 1. The summed E-state index contributed by atoms with van der Waals surface area (Å²) in [6.07, 6.45) is 6.97. The molecule has 0 saturated carbocycles. The number of hydrogen-bond acceptors (Lipinski definition) is 9. The fourth-order valence-electron chi connectivity index (χ4n) is 9.29. The average Bonchev–Trinajstić information content (AvgIpc) is 4.03. The molecule has 6 N–H and O–H groups in total. The van der Waals surface area contributed by atoms with E-state index in [0.717, 1.165) is 49.7 Å². The Bertz CT molecular complexity index is 2180. The van der Waals surface area contributed by atoms with Gasteiger partial charge in [-0.15, -0.1) is 12.4 Å². The zero-order chi connectivity index (χ0) is 46.5. The van der Waals surface area contributed by atoms with Crippen LogP contribution >= 0.6 is 12.4 Å². The molecule has 356 valence electrons. The molecule has 0 bridgehead atoms. The molecular formula is C50H67ClN8O7. The van der Waals surface area contributed by atoms with Crippen LogP contribution < -0.4 is 31.9 Å². The van der Waals surface area contributed by atoms with E-state index in [0.29, 0.717) is 38.8 Å². The predicted molar refractivity (Wildman–Crippen MR) is 254 cm³/mol. The maximum atomic E-state index is 14.2. The lowest BCUT2D eigenvalue weighted by Crippen LogP contribution is -2.59. The standard InChI is InChI=1S/C50H66N8O7.ClH/c1-32(51-4)45(59)55-41(49(63)57-29-16-27-42(57)47(61)53-39-25-14-20-35-18-9-11-22-37(35)39)24-8-6-7-13-31-65-34(3)44(56-46(60)33(2)52-5)50(64)58-30-17-28-43(58)48(62)54-40-26-15-21-36-19-10-12-23-38(36)40;/h9-12,18-19,22-23,32-34,39-44,51-52H,14-17,20-21,24-31H2,1-5H3,(H,53,61)(H,54,62)(H,55,59)(H,56,60);1H/t32-,33-,34-,39-,40-,41+,42-,43-,44+;/m1./s1. The van der Waals surface area contributed by atoms with E-state index in [1.807, 2.05) is 36.4 Å². The number of nitrogens with zero attached hydrogens (tertiary/aromatic N) is 2. The summed E-state index contributed by atoms with van der Waals surface area (Å²) < 4.78 is 6.00. The Morgan fingerprint density at radius 3 is 1.67 bits per heavy atom. The number of rotatable bonds is 16. The Morgan fingerprint density at radius 1 is 0.652 bits per heavy atom. The minimum atomic E-state index is -1.10. The van der Waals surface area contributed by atoms with Crippen LogP contribution in [0.3, 0.4) is 0 Å². The van der Waals surface area contributed by atoms with E-state index in [9.17, 15) is 28.8 Å². The molecule has 16 heteroatoms. The third-order valence-corrected chi connectivity index (χ3v) is 13.3. The molecule has 2 aliphatic heterocycles. The molecule has 2 aromatic rings. The maximum Gasteiger partial charge on any atom is 0.248 e. The molecule has 2 saturated heterocycles. The van der Waals surface area contributed by atoms with Crippen molar-refractivity contribution >= 4 is 47.9 Å². The molecule has 2 aromatic carbocycles. The number of hydrogen-bond donors (Lipinski definition) is 6. The van der Waals surface area contributed by atoms with E-state index < -0.39 is 54.2 Å². The SMILES string of the molecule is CN[C@H](C)C(=O)N[C@@H](CC#CC#CCO[C@H](C)[C@H](NC(=O)[C@@H](C)NC)C(=O)N1CCC[C@@H]1C(=O)N[C@@H]1CCCc2ccccc21)C(=O)N1CCC[C@@H]1C(=O)N[C@@H]1CCCc2ccccc21.Cl. The first-order valence-corrected chi connectivity index (χ1v) is 23.3. The van der Waals surface area contributed by atoms with Crippen LogP contribution in [0.4, 0.5) is 0 Å². The van der Waals surface area contributed by atoms with Crippen LogP contribution in [-0.2, 0) is 46.3 Å². The van der Waals surface area contributed by atoms with Crippen molar-refractivity contribution in [2.75, 3.05) is 33.8 Å². The fourth-order valence-corrected chi connectivity index (χ4v) is 9.29. The first-order valence-electron chi connectivity index (χ1n) is 23.3. The van der Waals surface area contributed by atoms with Gasteiger partial charge in [-0.2, -0.15) is 0 Å². The number of benzene rings is 2. The monoisotopic (exact) mass is 926 g/mol. The number of carbonyl (C=O) groups excluding carboxylic acids is 6. The summed E-state index contributed by atoms with van der Waals surface area (Å²) in [5.41, 5.74) is 4.68. The normalized spacial score (nSPS) is 21.8. The number of aryl methyl sites for hydroxylation is 2. The Labute approximate surface area is 395 Å². The molecule has 0 aromatic heterocycles. The number of likely N-dealkylation sites (tertiary alicyclic amines) is 2. The molecule has 0 spiro atoms. The molecule has 0 radical (unpaired) electrons. The topological polar surface area (TPSA) is 190 Å². The van der Waals surface area contributed by atoms with Crippen LogP contribution in [0.2, 0.25) is 0 Å². The number of fused-ring (bicyclic) bond motifs is 2. The van der Waals surface area contributed by atoms with Gasteiger partial charge >= 0.3 is 0 Å². The highest BCUT2D eigenvalue weighted by molar-refractivity contribution is 5.95. The molecule has 2 fully saturated rings. The minimum Gasteiger partial charge on any atom is -0.363 e. The Hall–Kier alpha value is -5.45. The summed E-state index contributed by atoms with van der Waals surface area (Å²) in [4.78, 5) is 85.1. The molecule has 0 unspecified atom stereocenters. The third-order valence-electron chi connectivity index (χ3n) is 13.3. The molecule has 66 heavy (non-hydrogen) atoms. The van der Waals surface area contributed by atoms with E-state index in [-0.39, 0.29) is 61.1 Å². The van der Waals surface area contributed by atoms with Gasteiger partial charge in [0, 0.05) is 19.5 Å². The molecule has 6 rings (SSSR count). The van der Waals surface area contributed by atoms with Crippen LogP contribution in [-0.4, -0.2) is 121 Å². The number of carbonyl (C=O) groups is 6. The summed E-state index contributed by atoms with van der Waals surface area (Å²) in [5.74, 6) is 9.25. The highest BCUT2D eigenvalue weighted by Crippen LogP contribution is 2.32. The Kier molecular flexibility index (Phi) is 19.4. The van der Waals surface area contributed by atoms with Gasteiger partial charge < -0.3 is 46.4 Å². The first-order chi connectivity index (χ1) is 31.4. The van der Waals surface area contributed by atoms with E-state index in [1.54, 1.807) is 44.7 Å². The van der Waals surface area contributed by atoms with Gasteiger partial charge in [0.1, 0.15) is 30.8 Å². The van der Waals surface area contributed by atoms with Gasteiger partial charge in [-0.3, -0.25) is 28.8 Å². The second kappa shape index (κ2) is 24.9. The van der Waals surface area contributed by atoms with Crippen molar-refractivity contribution in [2.45, 2.75) is 146 Å². The summed E-state index contributed by atoms with van der Waals surface area (Å²) >= 11 is 0. The van der Waals surface area contributed by atoms with Crippen molar-refractivity contribution in [3.8, 4) is 23.7 Å². The number of ether oxygens (including phenoxy) is 1. The van der Waals surface area contributed by atoms with Gasteiger partial charge in [0.05, 0.1) is 30.3 Å². The molecule has 4 aliphatic rings. The lowest BCUT2D eigenvalue weighted by atomic mass is 9.87.